The van der Waals surface area contributed by atoms with E-state index in [1.165, 1.54) is 0 Å². The van der Waals surface area contributed by atoms with Crippen molar-refractivity contribution in [2.45, 2.75) is 6.92 Å². The highest BCUT2D eigenvalue weighted by Crippen LogP contribution is 2.25. The lowest BCUT2D eigenvalue weighted by Crippen LogP contribution is -2.11. The lowest BCUT2D eigenvalue weighted by Gasteiger charge is -2.11. The van der Waals surface area contributed by atoms with Crippen molar-refractivity contribution in [1.29, 1.82) is 0 Å². The Kier molecular flexibility index (Phi) is 3.67. The molecular formula is C12H16N6O. The Hall–Kier alpha value is -2.54. The summed E-state index contributed by atoms with van der Waals surface area (Å²) in [6, 6.07) is 7.38. The highest BCUT2D eigenvalue weighted by atomic mass is 16.5. The number of nitrogens with zero attached hydrogens (tertiary/aromatic N) is 2. The van der Waals surface area contributed by atoms with Gasteiger partial charge in [-0.15, -0.1) is 0 Å². The van der Waals surface area contributed by atoms with Crippen molar-refractivity contribution < 1.29 is 4.74 Å². The first-order valence-electron chi connectivity index (χ1n) is 5.65. The van der Waals surface area contributed by atoms with Crippen LogP contribution in [-0.2, 0) is 0 Å². The molecule has 2 rings (SSSR count). The fraction of sp³-hybridized carbons (Fsp3) is 0.167. The molecule has 0 aliphatic heterocycles. The molecule has 7 heteroatoms. The van der Waals surface area contributed by atoms with Crippen molar-refractivity contribution in [2.75, 3.05) is 23.6 Å². The molecule has 0 aliphatic rings. The van der Waals surface area contributed by atoms with Gasteiger partial charge in [0.25, 0.3) is 0 Å². The molecule has 1 aromatic carbocycles. The third kappa shape index (κ3) is 3.02. The Morgan fingerprint density at radius 1 is 1.16 bits per heavy atom. The molecule has 1 heterocycles. The summed E-state index contributed by atoms with van der Waals surface area (Å²) < 4.78 is 5.19. The van der Waals surface area contributed by atoms with Gasteiger partial charge in [0.05, 0.1) is 7.11 Å². The van der Waals surface area contributed by atoms with Gasteiger partial charge in [-0.1, -0.05) is 6.07 Å². The molecule has 6 N–H and O–H groups in total. The first-order valence-corrected chi connectivity index (χ1v) is 5.65. The second kappa shape index (κ2) is 5.40. The van der Waals surface area contributed by atoms with Gasteiger partial charge >= 0.3 is 0 Å². The summed E-state index contributed by atoms with van der Waals surface area (Å²) in [7, 11) is 1.62. The molecule has 0 radical (unpaired) electrons. The molecule has 0 saturated heterocycles. The maximum atomic E-state index is 5.60. The van der Waals surface area contributed by atoms with Crippen LogP contribution >= 0.6 is 0 Å². The van der Waals surface area contributed by atoms with E-state index in [1.54, 1.807) is 13.2 Å². The van der Waals surface area contributed by atoms with E-state index in [0.29, 0.717) is 11.6 Å². The van der Waals surface area contributed by atoms with Gasteiger partial charge in [0.1, 0.15) is 17.4 Å². The predicted molar refractivity (Wildman–Crippen MR) is 75.3 cm³/mol. The second-order valence-corrected chi connectivity index (χ2v) is 3.95. The molecule has 19 heavy (non-hydrogen) atoms. The minimum Gasteiger partial charge on any atom is -0.497 e. The summed E-state index contributed by atoms with van der Waals surface area (Å²) in [6.45, 7) is 1.98. The zero-order chi connectivity index (χ0) is 13.8. The molecule has 1 aromatic heterocycles. The fourth-order valence-electron chi connectivity index (χ4n) is 1.60. The Bertz CT molecular complexity index is 586. The number of benzene rings is 1. The first-order chi connectivity index (χ1) is 9.12. The van der Waals surface area contributed by atoms with Crippen LogP contribution < -0.4 is 27.1 Å². The summed E-state index contributed by atoms with van der Waals surface area (Å²) in [5.41, 5.74) is 9.97. The van der Waals surface area contributed by atoms with Gasteiger partial charge in [-0.2, -0.15) is 9.97 Å². The number of nitrogen functional groups attached to an aromatic ring is 2. The lowest BCUT2D eigenvalue weighted by molar-refractivity contribution is 0.415. The van der Waals surface area contributed by atoms with E-state index in [0.717, 1.165) is 17.0 Å². The van der Waals surface area contributed by atoms with Crippen molar-refractivity contribution in [3.8, 4) is 5.75 Å². The van der Waals surface area contributed by atoms with E-state index in [-0.39, 0.29) is 5.95 Å². The van der Waals surface area contributed by atoms with E-state index in [9.17, 15) is 0 Å². The Morgan fingerprint density at radius 2 is 1.89 bits per heavy atom. The molecule has 0 amide bonds. The Morgan fingerprint density at radius 3 is 2.58 bits per heavy atom. The number of aromatic nitrogens is 2. The van der Waals surface area contributed by atoms with Gasteiger partial charge in [0.2, 0.25) is 5.95 Å². The highest BCUT2D eigenvalue weighted by Gasteiger charge is 2.05. The van der Waals surface area contributed by atoms with Crippen molar-refractivity contribution in [3.05, 3.63) is 29.8 Å². The highest BCUT2D eigenvalue weighted by molar-refractivity contribution is 5.65. The number of aryl methyl sites for hydroxylation is 1. The van der Waals surface area contributed by atoms with Crippen molar-refractivity contribution >= 4 is 23.3 Å². The van der Waals surface area contributed by atoms with E-state index in [2.05, 4.69) is 20.7 Å². The third-order valence-electron chi connectivity index (χ3n) is 2.60. The zero-order valence-electron chi connectivity index (χ0n) is 10.8. The van der Waals surface area contributed by atoms with E-state index in [1.807, 2.05) is 25.1 Å². The third-order valence-corrected chi connectivity index (χ3v) is 2.60. The molecule has 0 bridgehead atoms. The summed E-state index contributed by atoms with van der Waals surface area (Å²) >= 11 is 0. The smallest absolute Gasteiger partial charge is 0.223 e. The van der Waals surface area contributed by atoms with Crippen LogP contribution in [0, 0.1) is 6.92 Å². The summed E-state index contributed by atoms with van der Waals surface area (Å²) in [4.78, 5) is 8.01. The number of hydrogen-bond donors (Lipinski definition) is 4. The van der Waals surface area contributed by atoms with Crippen LogP contribution in [0.1, 0.15) is 5.56 Å². The summed E-state index contributed by atoms with van der Waals surface area (Å²) in [5, 5.41) is 3.16. The van der Waals surface area contributed by atoms with Crippen LogP contribution in [0.15, 0.2) is 24.3 Å². The molecular weight excluding hydrogens is 244 g/mol. The van der Waals surface area contributed by atoms with Crippen molar-refractivity contribution in [3.63, 3.8) is 0 Å². The molecule has 0 saturated carbocycles. The van der Waals surface area contributed by atoms with Gasteiger partial charge in [-0.05, 0) is 18.6 Å². The SMILES string of the molecule is COc1ccc(C)c(Nc2cc(NN)nc(N)n2)c1. The second-order valence-electron chi connectivity index (χ2n) is 3.95. The van der Waals surface area contributed by atoms with Crippen molar-refractivity contribution in [2.24, 2.45) is 5.84 Å². The molecule has 0 aliphatic carbocycles. The molecule has 100 valence electrons. The van der Waals surface area contributed by atoms with Gasteiger partial charge < -0.3 is 21.2 Å². The van der Waals surface area contributed by atoms with E-state index < -0.39 is 0 Å². The van der Waals surface area contributed by atoms with Crippen LogP contribution in [0.4, 0.5) is 23.3 Å². The maximum Gasteiger partial charge on any atom is 0.223 e. The van der Waals surface area contributed by atoms with Crippen LogP contribution in [0.5, 0.6) is 5.75 Å². The topological polar surface area (TPSA) is 111 Å². The molecule has 0 fully saturated rings. The van der Waals surface area contributed by atoms with E-state index in [4.69, 9.17) is 16.3 Å². The van der Waals surface area contributed by atoms with E-state index >= 15 is 0 Å². The van der Waals surface area contributed by atoms with Gasteiger partial charge in [0.15, 0.2) is 0 Å². The zero-order valence-corrected chi connectivity index (χ0v) is 10.8. The molecule has 0 atom stereocenters. The largest absolute Gasteiger partial charge is 0.497 e. The van der Waals surface area contributed by atoms with Crippen LogP contribution in [0.2, 0.25) is 0 Å². The lowest BCUT2D eigenvalue weighted by atomic mass is 10.2. The first kappa shape index (κ1) is 12.9. The minimum absolute atomic E-state index is 0.137. The number of hydrazine groups is 1. The van der Waals surface area contributed by atoms with Gasteiger partial charge in [-0.25, -0.2) is 5.84 Å². The quantitative estimate of drug-likeness (QED) is 0.485. The standard InChI is InChI=1S/C12H16N6O/c1-7-3-4-8(19-2)5-9(7)15-10-6-11(18-14)17-12(13)16-10/h3-6H,14H2,1-2H3,(H4,13,15,16,17,18). The average Bonchev–Trinajstić information content (AvgIpc) is 2.40. The van der Waals surface area contributed by atoms with Gasteiger partial charge in [-0.3, -0.25) is 0 Å². The van der Waals surface area contributed by atoms with Crippen LogP contribution in [0.25, 0.3) is 0 Å². The number of hydrogen-bond acceptors (Lipinski definition) is 7. The normalized spacial score (nSPS) is 10.1. The number of ether oxygens (including phenoxy) is 1. The average molecular weight is 260 g/mol. The minimum atomic E-state index is 0.137. The van der Waals surface area contributed by atoms with Crippen LogP contribution in [-0.4, -0.2) is 17.1 Å². The number of anilines is 4. The number of nitrogens with one attached hydrogen (secondary N) is 2. The fourth-order valence-corrected chi connectivity index (χ4v) is 1.60. The van der Waals surface area contributed by atoms with Gasteiger partial charge in [0, 0.05) is 17.8 Å². The Balaban J connectivity index is 2.32. The number of methoxy groups -OCH3 is 1. The molecule has 7 nitrogen and oxygen atoms in total. The summed E-state index contributed by atoms with van der Waals surface area (Å²) in [6.07, 6.45) is 0. The number of rotatable bonds is 4. The molecule has 0 spiro atoms. The maximum absolute atomic E-state index is 5.60. The van der Waals surface area contributed by atoms with Crippen molar-refractivity contribution in [1.82, 2.24) is 9.97 Å². The molecule has 0 unspecified atom stereocenters. The molecule has 2 aromatic rings. The predicted octanol–water partition coefficient (Wildman–Crippen LogP) is 1.41. The monoisotopic (exact) mass is 260 g/mol. The number of nitrogens with two attached hydrogens (primary N) is 2. The van der Waals surface area contributed by atoms with Crippen LogP contribution in [0.3, 0.4) is 0 Å². The summed E-state index contributed by atoms with van der Waals surface area (Å²) in [5.74, 6) is 7.20. The Labute approximate surface area is 111 Å².